The largest absolute Gasteiger partial charge is 0.497 e. The van der Waals surface area contributed by atoms with E-state index in [1.54, 1.807) is 7.11 Å². The molecule has 1 aromatic heterocycles. The molecule has 0 fully saturated rings. The summed E-state index contributed by atoms with van der Waals surface area (Å²) in [5.74, 6) is 2.25. The molecule has 1 heterocycles. The van der Waals surface area contributed by atoms with E-state index in [0.717, 1.165) is 11.3 Å². The van der Waals surface area contributed by atoms with Gasteiger partial charge in [0, 0.05) is 12.5 Å². The molecule has 0 aliphatic rings. The highest BCUT2D eigenvalue weighted by molar-refractivity contribution is 6.32. The fourth-order valence-electron chi connectivity index (χ4n) is 1.78. The number of nitrogens with two attached hydrogens (primary N) is 1. The van der Waals surface area contributed by atoms with E-state index in [1.165, 1.54) is 0 Å². The van der Waals surface area contributed by atoms with Gasteiger partial charge in [0.25, 0.3) is 0 Å². The Morgan fingerprint density at radius 3 is 2.48 bits per heavy atom. The zero-order valence-corrected chi connectivity index (χ0v) is 13.1. The summed E-state index contributed by atoms with van der Waals surface area (Å²) < 4.78 is 5.13. The Balaban J connectivity index is 2.15. The zero-order valence-electron chi connectivity index (χ0n) is 12.4. The highest BCUT2D eigenvalue weighted by Gasteiger charge is 2.12. The highest BCUT2D eigenvalue weighted by atomic mass is 35.5. The lowest BCUT2D eigenvalue weighted by Crippen LogP contribution is -2.09. The van der Waals surface area contributed by atoms with Gasteiger partial charge in [-0.15, -0.1) is 0 Å². The van der Waals surface area contributed by atoms with Crippen molar-refractivity contribution in [3.8, 4) is 5.75 Å². The van der Waals surface area contributed by atoms with E-state index in [2.05, 4.69) is 15.3 Å². The SMILES string of the molecule is COc1ccc(CNc2nc(C(C)C)nc(Cl)c2N)cc1. The number of rotatable bonds is 5. The minimum Gasteiger partial charge on any atom is -0.497 e. The molecule has 0 spiro atoms. The van der Waals surface area contributed by atoms with Crippen LogP contribution in [0.3, 0.4) is 0 Å². The monoisotopic (exact) mass is 306 g/mol. The first-order valence-corrected chi connectivity index (χ1v) is 7.08. The second-order valence-corrected chi connectivity index (χ2v) is 5.35. The lowest BCUT2D eigenvalue weighted by Gasteiger charge is -2.12. The molecule has 3 N–H and O–H groups in total. The number of aromatic nitrogens is 2. The van der Waals surface area contributed by atoms with Gasteiger partial charge in [0.05, 0.1) is 7.11 Å². The number of methoxy groups -OCH3 is 1. The molecule has 0 radical (unpaired) electrons. The van der Waals surface area contributed by atoms with Crippen molar-refractivity contribution >= 4 is 23.1 Å². The quantitative estimate of drug-likeness (QED) is 0.828. The third kappa shape index (κ3) is 3.76. The van der Waals surface area contributed by atoms with Crippen LogP contribution in [-0.4, -0.2) is 17.1 Å². The van der Waals surface area contributed by atoms with Crippen LogP contribution in [0.1, 0.15) is 31.2 Å². The van der Waals surface area contributed by atoms with Crippen LogP contribution >= 0.6 is 11.6 Å². The van der Waals surface area contributed by atoms with Gasteiger partial charge in [-0.2, -0.15) is 0 Å². The maximum Gasteiger partial charge on any atom is 0.157 e. The second kappa shape index (κ2) is 6.63. The molecule has 0 unspecified atom stereocenters. The van der Waals surface area contributed by atoms with Crippen molar-refractivity contribution < 1.29 is 4.74 Å². The Morgan fingerprint density at radius 2 is 1.90 bits per heavy atom. The topological polar surface area (TPSA) is 73.1 Å². The summed E-state index contributed by atoms with van der Waals surface area (Å²) in [5.41, 5.74) is 7.39. The van der Waals surface area contributed by atoms with Gasteiger partial charge in [-0.25, -0.2) is 9.97 Å². The van der Waals surface area contributed by atoms with Crippen molar-refractivity contribution in [3.63, 3.8) is 0 Å². The van der Waals surface area contributed by atoms with Gasteiger partial charge in [0.2, 0.25) is 0 Å². The average molecular weight is 307 g/mol. The molecular weight excluding hydrogens is 288 g/mol. The summed E-state index contributed by atoms with van der Waals surface area (Å²) in [6.07, 6.45) is 0. The van der Waals surface area contributed by atoms with E-state index < -0.39 is 0 Å². The van der Waals surface area contributed by atoms with E-state index in [9.17, 15) is 0 Å². The molecule has 2 aromatic rings. The first kappa shape index (κ1) is 15.4. The molecule has 2 rings (SSSR count). The third-order valence-electron chi connectivity index (χ3n) is 3.05. The van der Waals surface area contributed by atoms with E-state index in [-0.39, 0.29) is 11.1 Å². The fourth-order valence-corrected chi connectivity index (χ4v) is 1.96. The number of halogens is 1. The summed E-state index contributed by atoms with van der Waals surface area (Å²) >= 11 is 6.05. The zero-order chi connectivity index (χ0) is 15.4. The summed E-state index contributed by atoms with van der Waals surface area (Å²) in [6, 6.07) is 7.78. The molecule has 1 aromatic carbocycles. The van der Waals surface area contributed by atoms with Crippen molar-refractivity contribution in [1.29, 1.82) is 0 Å². The van der Waals surface area contributed by atoms with Crippen LogP contribution in [0.4, 0.5) is 11.5 Å². The first-order chi connectivity index (χ1) is 10.0. The normalized spacial score (nSPS) is 10.7. The number of benzene rings is 1. The van der Waals surface area contributed by atoms with Gasteiger partial charge < -0.3 is 15.8 Å². The van der Waals surface area contributed by atoms with E-state index in [1.807, 2.05) is 38.1 Å². The number of nitrogens with zero attached hydrogens (tertiary/aromatic N) is 2. The first-order valence-electron chi connectivity index (χ1n) is 6.71. The van der Waals surface area contributed by atoms with E-state index >= 15 is 0 Å². The number of hydrogen-bond donors (Lipinski definition) is 2. The van der Waals surface area contributed by atoms with Crippen LogP contribution in [0.5, 0.6) is 5.75 Å². The number of nitrogen functional groups attached to an aromatic ring is 1. The van der Waals surface area contributed by atoms with Crippen LogP contribution < -0.4 is 15.8 Å². The van der Waals surface area contributed by atoms with Crippen molar-refractivity contribution in [3.05, 3.63) is 40.8 Å². The molecule has 0 saturated heterocycles. The molecular formula is C15H19ClN4O. The van der Waals surface area contributed by atoms with Gasteiger partial charge >= 0.3 is 0 Å². The minimum atomic E-state index is 0.185. The summed E-state index contributed by atoms with van der Waals surface area (Å²) in [6.45, 7) is 4.61. The van der Waals surface area contributed by atoms with Gasteiger partial charge in [0.1, 0.15) is 17.3 Å². The number of hydrogen-bond acceptors (Lipinski definition) is 5. The molecule has 0 atom stereocenters. The Bertz CT molecular complexity index is 614. The average Bonchev–Trinajstić information content (AvgIpc) is 2.49. The highest BCUT2D eigenvalue weighted by Crippen LogP contribution is 2.26. The van der Waals surface area contributed by atoms with Crippen molar-refractivity contribution in [2.45, 2.75) is 26.3 Å². The molecule has 5 nitrogen and oxygen atoms in total. The number of anilines is 2. The maximum atomic E-state index is 6.05. The van der Waals surface area contributed by atoms with Crippen LogP contribution in [0, 0.1) is 0 Å². The fraction of sp³-hybridized carbons (Fsp3) is 0.333. The lowest BCUT2D eigenvalue weighted by molar-refractivity contribution is 0.414. The molecule has 0 amide bonds. The number of ether oxygens (including phenoxy) is 1. The Hall–Kier alpha value is -2.01. The van der Waals surface area contributed by atoms with Crippen LogP contribution in [0.2, 0.25) is 5.15 Å². The molecule has 112 valence electrons. The molecule has 0 aliphatic heterocycles. The lowest BCUT2D eigenvalue weighted by atomic mass is 10.2. The summed E-state index contributed by atoms with van der Waals surface area (Å²) in [5, 5.41) is 3.48. The molecule has 0 aliphatic carbocycles. The molecule has 6 heteroatoms. The van der Waals surface area contributed by atoms with Gasteiger partial charge in [-0.1, -0.05) is 37.6 Å². The Kier molecular flexibility index (Phi) is 4.85. The smallest absolute Gasteiger partial charge is 0.157 e. The molecule has 0 saturated carbocycles. The van der Waals surface area contributed by atoms with Crippen LogP contribution in [-0.2, 0) is 6.54 Å². The van der Waals surface area contributed by atoms with Crippen molar-refractivity contribution in [1.82, 2.24) is 9.97 Å². The Labute approximate surface area is 129 Å². The summed E-state index contributed by atoms with van der Waals surface area (Å²) in [4.78, 5) is 8.61. The van der Waals surface area contributed by atoms with Crippen molar-refractivity contribution in [2.75, 3.05) is 18.2 Å². The standard InChI is InChI=1S/C15H19ClN4O/c1-9(2)14-19-13(16)12(17)15(20-14)18-8-10-4-6-11(21-3)7-5-10/h4-7,9H,8,17H2,1-3H3,(H,18,19,20). The summed E-state index contributed by atoms with van der Waals surface area (Å²) in [7, 11) is 1.64. The Morgan fingerprint density at radius 1 is 1.24 bits per heavy atom. The van der Waals surface area contributed by atoms with Crippen LogP contribution in [0.25, 0.3) is 0 Å². The van der Waals surface area contributed by atoms with Gasteiger partial charge in [-0.05, 0) is 17.7 Å². The third-order valence-corrected chi connectivity index (χ3v) is 3.34. The second-order valence-electron chi connectivity index (χ2n) is 4.99. The molecule has 21 heavy (non-hydrogen) atoms. The van der Waals surface area contributed by atoms with Gasteiger partial charge in [0.15, 0.2) is 11.0 Å². The minimum absolute atomic E-state index is 0.185. The van der Waals surface area contributed by atoms with Crippen LogP contribution in [0.15, 0.2) is 24.3 Å². The number of nitrogens with one attached hydrogen (secondary N) is 1. The van der Waals surface area contributed by atoms with E-state index in [4.69, 9.17) is 22.1 Å². The molecule has 0 bridgehead atoms. The predicted molar refractivity (Wildman–Crippen MR) is 85.9 cm³/mol. The van der Waals surface area contributed by atoms with Crippen molar-refractivity contribution in [2.24, 2.45) is 0 Å². The van der Waals surface area contributed by atoms with E-state index in [0.29, 0.717) is 23.9 Å². The van der Waals surface area contributed by atoms with Gasteiger partial charge in [-0.3, -0.25) is 0 Å². The predicted octanol–water partition coefficient (Wildman–Crippen LogP) is 3.46. The maximum absolute atomic E-state index is 6.05.